The van der Waals surface area contributed by atoms with Crippen molar-refractivity contribution < 1.29 is 9.59 Å². The molecule has 0 fully saturated rings. The molecule has 0 aromatic heterocycles. The first-order valence-corrected chi connectivity index (χ1v) is 9.30. The molecule has 0 aliphatic carbocycles. The van der Waals surface area contributed by atoms with Crippen LogP contribution >= 0.6 is 11.8 Å². The third kappa shape index (κ3) is 5.36. The normalized spacial score (nSPS) is 12.0. The summed E-state index contributed by atoms with van der Waals surface area (Å²) in [6.45, 7) is 5.89. The van der Waals surface area contributed by atoms with Gasteiger partial charge in [-0.15, -0.1) is 11.8 Å². The van der Waals surface area contributed by atoms with E-state index in [4.69, 9.17) is 5.73 Å². The lowest BCUT2D eigenvalue weighted by Gasteiger charge is -2.20. The van der Waals surface area contributed by atoms with E-state index >= 15 is 0 Å². The summed E-state index contributed by atoms with van der Waals surface area (Å²) in [5.41, 5.74) is 8.39. The van der Waals surface area contributed by atoms with Crippen molar-refractivity contribution in [2.24, 2.45) is 11.7 Å². The van der Waals surface area contributed by atoms with Crippen LogP contribution in [0.1, 0.15) is 35.3 Å². The Bertz CT molecular complexity index is 745. The van der Waals surface area contributed by atoms with Gasteiger partial charge in [-0.2, -0.15) is 0 Å². The maximum absolute atomic E-state index is 12.7. The first-order valence-electron chi connectivity index (χ1n) is 8.25. The molecule has 0 aliphatic heterocycles. The second-order valence-corrected chi connectivity index (χ2v) is 7.47. The number of thioether (sulfide) groups is 1. The van der Waals surface area contributed by atoms with Gasteiger partial charge in [0.05, 0.1) is 5.25 Å². The lowest BCUT2D eigenvalue weighted by molar-refractivity contribution is -0.116. The van der Waals surface area contributed by atoms with Gasteiger partial charge in [-0.1, -0.05) is 50.2 Å². The van der Waals surface area contributed by atoms with Crippen LogP contribution in [0, 0.1) is 12.8 Å². The van der Waals surface area contributed by atoms with Gasteiger partial charge in [-0.3, -0.25) is 9.59 Å². The molecule has 2 aromatic rings. The Balaban J connectivity index is 2.07. The van der Waals surface area contributed by atoms with Crippen LogP contribution in [0.5, 0.6) is 0 Å². The van der Waals surface area contributed by atoms with Crippen LogP contribution < -0.4 is 11.1 Å². The van der Waals surface area contributed by atoms with Crippen molar-refractivity contribution in [2.75, 3.05) is 5.32 Å². The number of nitrogens with one attached hydrogen (secondary N) is 1. The van der Waals surface area contributed by atoms with Crippen LogP contribution in [-0.4, -0.2) is 17.1 Å². The van der Waals surface area contributed by atoms with Crippen LogP contribution in [0.4, 0.5) is 5.69 Å². The van der Waals surface area contributed by atoms with Crippen molar-refractivity contribution in [3.05, 3.63) is 65.2 Å². The molecule has 2 amide bonds. The molecule has 5 heteroatoms. The van der Waals surface area contributed by atoms with Gasteiger partial charge >= 0.3 is 0 Å². The quantitative estimate of drug-likeness (QED) is 0.788. The van der Waals surface area contributed by atoms with Gasteiger partial charge in [0.2, 0.25) is 11.8 Å². The highest BCUT2D eigenvalue weighted by Crippen LogP contribution is 2.25. The van der Waals surface area contributed by atoms with Gasteiger partial charge in [-0.25, -0.2) is 0 Å². The van der Waals surface area contributed by atoms with Crippen molar-refractivity contribution >= 4 is 29.3 Å². The molecule has 0 aliphatic rings. The van der Waals surface area contributed by atoms with E-state index in [0.29, 0.717) is 11.3 Å². The maximum atomic E-state index is 12.7. The molecule has 0 bridgehead atoms. The standard InChI is InChI=1S/C20H24N2O2S/c1-13(2)18(25-12-15-7-5-4-6-8-15)20(24)22-16-10-9-14(3)17(11-16)19(21)23/h4-11,13,18H,12H2,1-3H3,(H2,21,23)(H,22,24). The Labute approximate surface area is 153 Å². The molecular weight excluding hydrogens is 332 g/mol. The topological polar surface area (TPSA) is 72.2 Å². The number of aryl methyl sites for hydroxylation is 1. The van der Waals surface area contributed by atoms with Crippen molar-refractivity contribution in [1.82, 2.24) is 0 Å². The number of anilines is 1. The Morgan fingerprint density at radius 1 is 1.12 bits per heavy atom. The van der Waals surface area contributed by atoms with E-state index in [-0.39, 0.29) is 17.1 Å². The van der Waals surface area contributed by atoms with E-state index in [2.05, 4.69) is 17.4 Å². The van der Waals surface area contributed by atoms with Gasteiger partial charge in [0.1, 0.15) is 0 Å². The number of benzene rings is 2. The van der Waals surface area contributed by atoms with E-state index in [1.54, 1.807) is 30.0 Å². The zero-order chi connectivity index (χ0) is 18.4. The summed E-state index contributed by atoms with van der Waals surface area (Å²) in [6.07, 6.45) is 0. The molecular formula is C20H24N2O2S. The van der Waals surface area contributed by atoms with Gasteiger partial charge < -0.3 is 11.1 Å². The number of carbonyl (C=O) groups is 2. The zero-order valence-electron chi connectivity index (χ0n) is 14.8. The summed E-state index contributed by atoms with van der Waals surface area (Å²) >= 11 is 1.62. The van der Waals surface area contributed by atoms with Gasteiger partial charge in [0, 0.05) is 17.0 Å². The van der Waals surface area contributed by atoms with Crippen LogP contribution in [-0.2, 0) is 10.5 Å². The van der Waals surface area contributed by atoms with Gasteiger partial charge in [0.25, 0.3) is 0 Å². The van der Waals surface area contributed by atoms with E-state index < -0.39 is 5.91 Å². The van der Waals surface area contributed by atoms with Crippen LogP contribution in [0.25, 0.3) is 0 Å². The Kier molecular flexibility index (Phi) is 6.65. The van der Waals surface area contributed by atoms with Crippen molar-refractivity contribution in [1.29, 1.82) is 0 Å². The average molecular weight is 356 g/mol. The summed E-state index contributed by atoms with van der Waals surface area (Å²) in [4.78, 5) is 24.2. The molecule has 2 rings (SSSR count). The summed E-state index contributed by atoms with van der Waals surface area (Å²) in [6, 6.07) is 15.3. The van der Waals surface area contributed by atoms with Crippen molar-refractivity contribution in [3.8, 4) is 0 Å². The number of hydrogen-bond acceptors (Lipinski definition) is 3. The third-order valence-corrected chi connectivity index (χ3v) is 5.52. The second kappa shape index (κ2) is 8.72. The minimum absolute atomic E-state index is 0.0600. The Hall–Kier alpha value is -2.27. The highest BCUT2D eigenvalue weighted by molar-refractivity contribution is 7.99. The number of amides is 2. The fourth-order valence-electron chi connectivity index (χ4n) is 2.51. The molecule has 0 saturated heterocycles. The van der Waals surface area contributed by atoms with Crippen molar-refractivity contribution in [2.45, 2.75) is 31.8 Å². The monoisotopic (exact) mass is 356 g/mol. The molecule has 1 unspecified atom stereocenters. The lowest BCUT2D eigenvalue weighted by Crippen LogP contribution is -2.30. The molecule has 2 aromatic carbocycles. The van der Waals surface area contributed by atoms with Crippen LogP contribution in [0.3, 0.4) is 0 Å². The maximum Gasteiger partial charge on any atom is 0.249 e. The summed E-state index contributed by atoms with van der Waals surface area (Å²) in [7, 11) is 0. The molecule has 0 heterocycles. The summed E-state index contributed by atoms with van der Waals surface area (Å²) in [5, 5.41) is 2.73. The first kappa shape index (κ1) is 19.1. The van der Waals surface area contributed by atoms with Crippen molar-refractivity contribution in [3.63, 3.8) is 0 Å². The predicted molar refractivity (Wildman–Crippen MR) is 105 cm³/mol. The SMILES string of the molecule is Cc1ccc(NC(=O)C(SCc2ccccc2)C(C)C)cc1C(N)=O. The Morgan fingerprint density at radius 2 is 1.80 bits per heavy atom. The fraction of sp³-hybridized carbons (Fsp3) is 0.300. The number of primary amides is 1. The molecule has 0 radical (unpaired) electrons. The van der Waals surface area contributed by atoms with E-state index in [9.17, 15) is 9.59 Å². The van der Waals surface area contributed by atoms with E-state index in [1.165, 1.54) is 5.56 Å². The molecule has 0 spiro atoms. The molecule has 132 valence electrons. The van der Waals surface area contributed by atoms with E-state index in [0.717, 1.165) is 11.3 Å². The molecule has 3 N–H and O–H groups in total. The minimum atomic E-state index is -0.493. The fourth-order valence-corrected chi connectivity index (χ4v) is 3.67. The lowest BCUT2D eigenvalue weighted by atomic mass is 10.1. The van der Waals surface area contributed by atoms with Crippen LogP contribution in [0.2, 0.25) is 0 Å². The highest BCUT2D eigenvalue weighted by Gasteiger charge is 2.23. The van der Waals surface area contributed by atoms with Crippen LogP contribution in [0.15, 0.2) is 48.5 Å². The van der Waals surface area contributed by atoms with Gasteiger partial charge in [0.15, 0.2) is 0 Å². The molecule has 25 heavy (non-hydrogen) atoms. The predicted octanol–water partition coefficient (Wildman–Crippen LogP) is 3.99. The third-order valence-electron chi connectivity index (χ3n) is 3.91. The smallest absolute Gasteiger partial charge is 0.249 e. The first-order chi connectivity index (χ1) is 11.9. The number of hydrogen-bond donors (Lipinski definition) is 2. The number of carbonyl (C=O) groups excluding carboxylic acids is 2. The Morgan fingerprint density at radius 3 is 2.40 bits per heavy atom. The highest BCUT2D eigenvalue weighted by atomic mass is 32.2. The summed E-state index contributed by atoms with van der Waals surface area (Å²) < 4.78 is 0. The summed E-state index contributed by atoms with van der Waals surface area (Å²) in [5.74, 6) is 0.412. The minimum Gasteiger partial charge on any atom is -0.366 e. The largest absolute Gasteiger partial charge is 0.366 e. The van der Waals surface area contributed by atoms with E-state index in [1.807, 2.05) is 39.0 Å². The number of rotatable bonds is 7. The molecule has 0 saturated carbocycles. The van der Waals surface area contributed by atoms with Gasteiger partial charge in [-0.05, 0) is 36.1 Å². The second-order valence-electron chi connectivity index (χ2n) is 6.34. The average Bonchev–Trinajstić information content (AvgIpc) is 2.57. The molecule has 4 nitrogen and oxygen atoms in total. The number of nitrogens with two attached hydrogens (primary N) is 1. The molecule has 1 atom stereocenters. The zero-order valence-corrected chi connectivity index (χ0v) is 15.6.